The molecule has 162 valence electrons. The first kappa shape index (κ1) is 28.9. The zero-order valence-electron chi connectivity index (χ0n) is 20.8. The second kappa shape index (κ2) is 16.6. The quantitative estimate of drug-likeness (QED) is 0.349. The van der Waals surface area contributed by atoms with E-state index in [1.807, 2.05) is 0 Å². The minimum atomic E-state index is 0.0811. The van der Waals surface area contributed by atoms with E-state index in [2.05, 4.69) is 105 Å². The average Bonchev–Trinajstić information content (AvgIpc) is 2.65. The fourth-order valence-electron chi connectivity index (χ4n) is 2.55. The van der Waals surface area contributed by atoms with Gasteiger partial charge in [-0.05, 0) is 78.1 Å². The van der Waals surface area contributed by atoms with Crippen molar-refractivity contribution in [3.05, 3.63) is 58.7 Å². The highest BCUT2D eigenvalue weighted by molar-refractivity contribution is 5.40. The van der Waals surface area contributed by atoms with Gasteiger partial charge >= 0.3 is 0 Å². The summed E-state index contributed by atoms with van der Waals surface area (Å²) in [5.74, 6) is 0. The summed E-state index contributed by atoms with van der Waals surface area (Å²) >= 11 is 0. The van der Waals surface area contributed by atoms with Gasteiger partial charge in [0.25, 0.3) is 0 Å². The Morgan fingerprint density at radius 3 is 2.00 bits per heavy atom. The fourth-order valence-corrected chi connectivity index (χ4v) is 2.55. The highest BCUT2D eigenvalue weighted by Gasteiger charge is 2.22. The first-order valence-corrected chi connectivity index (χ1v) is 11.1. The Hall–Kier alpha value is -1.34. The van der Waals surface area contributed by atoms with Crippen LogP contribution in [0.4, 0.5) is 0 Å². The van der Waals surface area contributed by atoms with Gasteiger partial charge in [-0.15, -0.1) is 0 Å². The number of benzene rings is 1. The second-order valence-electron chi connectivity index (χ2n) is 8.32. The summed E-state index contributed by atoms with van der Waals surface area (Å²) in [6.45, 7) is 28.1. The molecule has 0 radical (unpaired) electrons. The van der Waals surface area contributed by atoms with E-state index < -0.39 is 0 Å². The minimum Gasteiger partial charge on any atom is -0.317 e. The van der Waals surface area contributed by atoms with E-state index in [0.717, 1.165) is 0 Å². The van der Waals surface area contributed by atoms with Gasteiger partial charge in [0.05, 0.1) is 0 Å². The lowest BCUT2D eigenvalue weighted by Gasteiger charge is -2.28. The van der Waals surface area contributed by atoms with Crippen molar-refractivity contribution in [3.63, 3.8) is 0 Å². The van der Waals surface area contributed by atoms with Crippen LogP contribution in [-0.2, 0) is 5.41 Å². The van der Waals surface area contributed by atoms with Crippen molar-refractivity contribution in [2.24, 2.45) is 0 Å². The Bertz CT molecular complexity index is 558. The van der Waals surface area contributed by atoms with Gasteiger partial charge in [-0.3, -0.25) is 0 Å². The molecule has 0 fully saturated rings. The summed E-state index contributed by atoms with van der Waals surface area (Å²) in [6.07, 6.45) is 7.21. The highest BCUT2D eigenvalue weighted by Crippen LogP contribution is 2.32. The number of allylic oxidation sites excluding steroid dienone is 3. The average molecular weight is 388 g/mol. The Kier molecular flexibility index (Phi) is 17.1. The lowest BCUT2D eigenvalue weighted by molar-refractivity contribution is 0.621. The molecule has 0 spiro atoms. The third-order valence-corrected chi connectivity index (χ3v) is 5.31. The SMILES string of the molecule is C/C=C(\C)CC.C=C(C)C(C)(C)c1ccc(C)cc1C.CCCCNCCC. The van der Waals surface area contributed by atoms with Crippen molar-refractivity contribution in [3.8, 4) is 0 Å². The first-order chi connectivity index (χ1) is 13.1. The van der Waals surface area contributed by atoms with Crippen LogP contribution in [0.2, 0.25) is 0 Å². The van der Waals surface area contributed by atoms with Crippen molar-refractivity contribution in [1.82, 2.24) is 5.32 Å². The molecule has 0 atom stereocenters. The van der Waals surface area contributed by atoms with E-state index in [1.165, 1.54) is 66.6 Å². The normalized spacial score (nSPS) is 11.1. The smallest absolute Gasteiger partial charge is 0.0102 e. The molecule has 0 saturated carbocycles. The van der Waals surface area contributed by atoms with Gasteiger partial charge in [0, 0.05) is 5.41 Å². The predicted molar refractivity (Wildman–Crippen MR) is 132 cm³/mol. The Morgan fingerprint density at radius 1 is 1.04 bits per heavy atom. The van der Waals surface area contributed by atoms with Crippen LogP contribution in [0, 0.1) is 13.8 Å². The molecule has 1 heteroatoms. The predicted octanol–water partition coefficient (Wildman–Crippen LogP) is 8.31. The van der Waals surface area contributed by atoms with Crippen molar-refractivity contribution in [2.45, 2.75) is 100 Å². The molecular formula is C27H49N. The molecule has 1 aromatic rings. The molecule has 0 unspecified atom stereocenters. The first-order valence-electron chi connectivity index (χ1n) is 11.1. The van der Waals surface area contributed by atoms with Crippen LogP contribution in [0.5, 0.6) is 0 Å². The molecule has 1 aromatic carbocycles. The summed E-state index contributed by atoms with van der Waals surface area (Å²) in [5, 5.41) is 3.34. The van der Waals surface area contributed by atoms with Crippen LogP contribution in [0.1, 0.15) is 97.8 Å². The van der Waals surface area contributed by atoms with Gasteiger partial charge in [-0.2, -0.15) is 0 Å². The zero-order chi connectivity index (χ0) is 22.2. The molecule has 28 heavy (non-hydrogen) atoms. The lowest BCUT2D eigenvalue weighted by Crippen LogP contribution is -2.19. The molecule has 0 amide bonds. The maximum absolute atomic E-state index is 4.07. The van der Waals surface area contributed by atoms with Gasteiger partial charge in [0.2, 0.25) is 0 Å². The van der Waals surface area contributed by atoms with Crippen LogP contribution >= 0.6 is 0 Å². The largest absolute Gasteiger partial charge is 0.317 e. The van der Waals surface area contributed by atoms with Crippen LogP contribution in [0.15, 0.2) is 42.0 Å². The van der Waals surface area contributed by atoms with Crippen molar-refractivity contribution in [2.75, 3.05) is 13.1 Å². The van der Waals surface area contributed by atoms with Crippen molar-refractivity contribution >= 4 is 0 Å². The maximum atomic E-state index is 4.07. The van der Waals surface area contributed by atoms with Crippen molar-refractivity contribution < 1.29 is 0 Å². The van der Waals surface area contributed by atoms with E-state index in [1.54, 1.807) is 0 Å². The molecule has 0 aliphatic heterocycles. The lowest BCUT2D eigenvalue weighted by atomic mass is 9.77. The van der Waals surface area contributed by atoms with Crippen LogP contribution in [-0.4, -0.2) is 13.1 Å². The van der Waals surface area contributed by atoms with E-state index in [-0.39, 0.29) is 5.41 Å². The maximum Gasteiger partial charge on any atom is 0.0102 e. The number of rotatable bonds is 8. The van der Waals surface area contributed by atoms with Crippen molar-refractivity contribution in [1.29, 1.82) is 0 Å². The Balaban J connectivity index is 0. The third kappa shape index (κ3) is 12.9. The van der Waals surface area contributed by atoms with Gasteiger partial charge in [-0.1, -0.05) is 88.6 Å². The van der Waals surface area contributed by atoms with E-state index >= 15 is 0 Å². The van der Waals surface area contributed by atoms with Crippen LogP contribution in [0.3, 0.4) is 0 Å². The van der Waals surface area contributed by atoms with Crippen LogP contribution in [0.25, 0.3) is 0 Å². The number of hydrogen-bond acceptors (Lipinski definition) is 1. The third-order valence-electron chi connectivity index (χ3n) is 5.31. The number of unbranched alkanes of at least 4 members (excludes halogenated alkanes) is 1. The van der Waals surface area contributed by atoms with Gasteiger partial charge in [0.15, 0.2) is 0 Å². The molecule has 0 aromatic heterocycles. The summed E-state index contributed by atoms with van der Waals surface area (Å²) < 4.78 is 0. The van der Waals surface area contributed by atoms with E-state index in [9.17, 15) is 0 Å². The Labute approximate surface area is 177 Å². The standard InChI is InChI=1S/C14H20.C7H17N.C6H12/c1-10(2)14(5,6)13-8-7-11(3)9-12(13)4;1-3-5-7-8-6-4-2;1-4-6(3)5-2/h7-9H,1H2,2-6H3;8H,3-7H2,1-2H3;4H,5H2,1-3H3/b;;6-4+. The number of hydrogen-bond donors (Lipinski definition) is 1. The molecular weight excluding hydrogens is 338 g/mol. The molecule has 0 aliphatic rings. The number of aryl methyl sites for hydroxylation is 2. The van der Waals surface area contributed by atoms with E-state index in [4.69, 9.17) is 0 Å². The summed E-state index contributed by atoms with van der Waals surface area (Å²) in [7, 11) is 0. The molecule has 1 rings (SSSR count). The van der Waals surface area contributed by atoms with Crippen LogP contribution < -0.4 is 5.32 Å². The second-order valence-corrected chi connectivity index (χ2v) is 8.32. The molecule has 0 heterocycles. The highest BCUT2D eigenvalue weighted by atomic mass is 14.8. The molecule has 0 saturated heterocycles. The van der Waals surface area contributed by atoms with Gasteiger partial charge in [0.1, 0.15) is 0 Å². The Morgan fingerprint density at radius 2 is 1.64 bits per heavy atom. The van der Waals surface area contributed by atoms with Gasteiger partial charge < -0.3 is 5.32 Å². The molecule has 0 bridgehead atoms. The zero-order valence-corrected chi connectivity index (χ0v) is 20.8. The fraction of sp³-hybridized carbons (Fsp3) is 0.630. The van der Waals surface area contributed by atoms with E-state index in [0.29, 0.717) is 0 Å². The summed E-state index contributed by atoms with van der Waals surface area (Å²) in [4.78, 5) is 0. The monoisotopic (exact) mass is 387 g/mol. The minimum absolute atomic E-state index is 0.0811. The molecule has 1 nitrogen and oxygen atoms in total. The molecule has 1 N–H and O–H groups in total. The summed E-state index contributed by atoms with van der Waals surface area (Å²) in [5.41, 5.74) is 6.83. The molecule has 0 aliphatic carbocycles. The summed E-state index contributed by atoms with van der Waals surface area (Å²) in [6, 6.07) is 6.63. The van der Waals surface area contributed by atoms with Gasteiger partial charge in [-0.25, -0.2) is 0 Å². The topological polar surface area (TPSA) is 12.0 Å². The number of nitrogens with one attached hydrogen (secondary N) is 1.